The molecule has 0 aliphatic carbocycles. The van der Waals surface area contributed by atoms with E-state index in [0.29, 0.717) is 12.3 Å². The van der Waals surface area contributed by atoms with E-state index in [9.17, 15) is 4.79 Å². The molecule has 15 heavy (non-hydrogen) atoms. The van der Waals surface area contributed by atoms with Gasteiger partial charge in [-0.2, -0.15) is 0 Å². The second-order valence-corrected chi connectivity index (χ2v) is 2.89. The molecule has 1 heterocycles. The zero-order chi connectivity index (χ0) is 11.1. The van der Waals surface area contributed by atoms with E-state index >= 15 is 0 Å². The molecule has 0 aliphatic rings. The SMILES string of the molecule is C=CCNC(=O)NC(CO)c1ccco1. The molecule has 0 spiro atoms. The minimum Gasteiger partial charge on any atom is -0.467 e. The van der Waals surface area contributed by atoms with Gasteiger partial charge in [0.25, 0.3) is 0 Å². The summed E-state index contributed by atoms with van der Waals surface area (Å²) in [7, 11) is 0. The normalized spacial score (nSPS) is 11.8. The lowest BCUT2D eigenvalue weighted by molar-refractivity contribution is 0.208. The van der Waals surface area contributed by atoms with Crippen LogP contribution in [0.3, 0.4) is 0 Å². The van der Waals surface area contributed by atoms with E-state index < -0.39 is 6.04 Å². The number of carbonyl (C=O) groups excluding carboxylic acids is 1. The molecule has 1 aromatic heterocycles. The first kappa shape index (κ1) is 11.3. The molecule has 1 rings (SSSR count). The van der Waals surface area contributed by atoms with Crippen LogP contribution in [0.15, 0.2) is 35.5 Å². The van der Waals surface area contributed by atoms with Crippen LogP contribution in [0.1, 0.15) is 11.8 Å². The molecule has 0 aromatic carbocycles. The lowest BCUT2D eigenvalue weighted by atomic mass is 10.2. The third-order valence-electron chi connectivity index (χ3n) is 1.78. The first-order valence-electron chi connectivity index (χ1n) is 4.57. The Bertz CT molecular complexity index is 308. The zero-order valence-corrected chi connectivity index (χ0v) is 8.27. The van der Waals surface area contributed by atoms with Gasteiger partial charge in [-0.05, 0) is 12.1 Å². The van der Waals surface area contributed by atoms with Crippen molar-refractivity contribution in [2.24, 2.45) is 0 Å². The fourth-order valence-corrected chi connectivity index (χ4v) is 1.07. The molecule has 2 amide bonds. The number of aliphatic hydroxyl groups excluding tert-OH is 1. The standard InChI is InChI=1S/C10H14N2O3/c1-2-5-11-10(14)12-8(7-13)9-4-3-6-15-9/h2-4,6,8,13H,1,5,7H2,(H2,11,12,14). The summed E-state index contributed by atoms with van der Waals surface area (Å²) in [6.45, 7) is 3.64. The summed E-state index contributed by atoms with van der Waals surface area (Å²) < 4.78 is 5.07. The Balaban J connectivity index is 2.47. The number of nitrogens with one attached hydrogen (secondary N) is 2. The molecule has 5 nitrogen and oxygen atoms in total. The number of hydrogen-bond acceptors (Lipinski definition) is 3. The van der Waals surface area contributed by atoms with Crippen LogP contribution < -0.4 is 10.6 Å². The Hall–Kier alpha value is -1.75. The highest BCUT2D eigenvalue weighted by molar-refractivity contribution is 5.74. The smallest absolute Gasteiger partial charge is 0.315 e. The maximum absolute atomic E-state index is 11.2. The first-order chi connectivity index (χ1) is 7.27. The van der Waals surface area contributed by atoms with E-state index in [1.54, 1.807) is 18.2 Å². The highest BCUT2D eigenvalue weighted by Gasteiger charge is 2.15. The fourth-order valence-electron chi connectivity index (χ4n) is 1.07. The van der Waals surface area contributed by atoms with Crippen molar-refractivity contribution in [3.63, 3.8) is 0 Å². The molecular weight excluding hydrogens is 196 g/mol. The minimum absolute atomic E-state index is 0.213. The molecule has 1 unspecified atom stereocenters. The van der Waals surface area contributed by atoms with Crippen molar-refractivity contribution >= 4 is 6.03 Å². The summed E-state index contributed by atoms with van der Waals surface area (Å²) in [5, 5.41) is 14.1. The topological polar surface area (TPSA) is 74.5 Å². The lowest BCUT2D eigenvalue weighted by Gasteiger charge is -2.13. The van der Waals surface area contributed by atoms with Gasteiger partial charge >= 0.3 is 6.03 Å². The van der Waals surface area contributed by atoms with Crippen LogP contribution in [-0.2, 0) is 0 Å². The second kappa shape index (κ2) is 5.87. The van der Waals surface area contributed by atoms with Crippen LogP contribution in [0.5, 0.6) is 0 Å². The van der Waals surface area contributed by atoms with E-state index in [1.165, 1.54) is 6.26 Å². The Morgan fingerprint density at radius 3 is 3.07 bits per heavy atom. The first-order valence-corrected chi connectivity index (χ1v) is 4.57. The molecular formula is C10H14N2O3. The number of furan rings is 1. The molecule has 1 atom stereocenters. The molecule has 82 valence electrons. The van der Waals surface area contributed by atoms with E-state index in [1.807, 2.05) is 0 Å². The van der Waals surface area contributed by atoms with Gasteiger partial charge in [0, 0.05) is 6.54 Å². The fraction of sp³-hybridized carbons (Fsp3) is 0.300. The van der Waals surface area contributed by atoms with Crippen LogP contribution in [0.4, 0.5) is 4.79 Å². The van der Waals surface area contributed by atoms with E-state index in [2.05, 4.69) is 17.2 Å². The Morgan fingerprint density at radius 1 is 1.73 bits per heavy atom. The Kier molecular flexibility index (Phi) is 4.43. The molecule has 0 saturated carbocycles. The predicted molar refractivity (Wildman–Crippen MR) is 55.3 cm³/mol. The summed E-state index contributed by atoms with van der Waals surface area (Å²) in [6, 6.07) is 2.49. The molecule has 0 bridgehead atoms. The van der Waals surface area contributed by atoms with Gasteiger partial charge in [0.1, 0.15) is 11.8 Å². The monoisotopic (exact) mass is 210 g/mol. The van der Waals surface area contributed by atoms with Crippen molar-refractivity contribution < 1.29 is 14.3 Å². The van der Waals surface area contributed by atoms with E-state index in [-0.39, 0.29) is 12.6 Å². The number of rotatable bonds is 5. The number of carbonyl (C=O) groups is 1. The molecule has 0 radical (unpaired) electrons. The van der Waals surface area contributed by atoms with Gasteiger partial charge in [-0.15, -0.1) is 6.58 Å². The van der Waals surface area contributed by atoms with Gasteiger partial charge < -0.3 is 20.2 Å². The van der Waals surface area contributed by atoms with Crippen molar-refractivity contribution in [3.05, 3.63) is 36.8 Å². The summed E-state index contributed by atoms with van der Waals surface area (Å²) in [6.07, 6.45) is 3.06. The highest BCUT2D eigenvalue weighted by atomic mass is 16.3. The van der Waals surface area contributed by atoms with E-state index in [4.69, 9.17) is 9.52 Å². The predicted octanol–water partition coefficient (Wildman–Crippen LogP) is 0.798. The maximum Gasteiger partial charge on any atom is 0.315 e. The van der Waals surface area contributed by atoms with Gasteiger partial charge in [-0.1, -0.05) is 6.08 Å². The zero-order valence-electron chi connectivity index (χ0n) is 8.27. The maximum atomic E-state index is 11.2. The summed E-state index contributed by atoms with van der Waals surface area (Å²) in [4.78, 5) is 11.2. The van der Waals surface area contributed by atoms with Gasteiger partial charge in [0.2, 0.25) is 0 Å². The summed E-state index contributed by atoms with van der Waals surface area (Å²) >= 11 is 0. The summed E-state index contributed by atoms with van der Waals surface area (Å²) in [5.74, 6) is 0.520. The third kappa shape index (κ3) is 3.47. The molecule has 3 N–H and O–H groups in total. The highest BCUT2D eigenvalue weighted by Crippen LogP contribution is 2.11. The van der Waals surface area contributed by atoms with Crippen LogP contribution in [0.25, 0.3) is 0 Å². The van der Waals surface area contributed by atoms with Crippen molar-refractivity contribution in [1.82, 2.24) is 10.6 Å². The van der Waals surface area contributed by atoms with Crippen molar-refractivity contribution in [1.29, 1.82) is 0 Å². The van der Waals surface area contributed by atoms with Crippen LogP contribution in [0, 0.1) is 0 Å². The lowest BCUT2D eigenvalue weighted by Crippen LogP contribution is -2.39. The molecule has 0 fully saturated rings. The average molecular weight is 210 g/mol. The molecule has 0 aliphatic heterocycles. The minimum atomic E-state index is -0.523. The van der Waals surface area contributed by atoms with Gasteiger partial charge in [-0.3, -0.25) is 0 Å². The van der Waals surface area contributed by atoms with Crippen molar-refractivity contribution in [2.75, 3.05) is 13.2 Å². The van der Waals surface area contributed by atoms with Gasteiger partial charge in [0.05, 0.1) is 12.9 Å². The van der Waals surface area contributed by atoms with Crippen LogP contribution in [-0.4, -0.2) is 24.3 Å². The van der Waals surface area contributed by atoms with Gasteiger partial charge in [0.15, 0.2) is 0 Å². The number of amides is 2. The third-order valence-corrected chi connectivity index (χ3v) is 1.78. The Morgan fingerprint density at radius 2 is 2.53 bits per heavy atom. The Labute approximate surface area is 87.8 Å². The summed E-state index contributed by atoms with van der Waals surface area (Å²) in [5.41, 5.74) is 0. The molecule has 5 heteroatoms. The van der Waals surface area contributed by atoms with Crippen molar-refractivity contribution in [2.45, 2.75) is 6.04 Å². The average Bonchev–Trinajstić information content (AvgIpc) is 2.76. The molecule has 1 aromatic rings. The number of aliphatic hydroxyl groups is 1. The number of hydrogen-bond donors (Lipinski definition) is 3. The van der Waals surface area contributed by atoms with Gasteiger partial charge in [-0.25, -0.2) is 4.79 Å². The second-order valence-electron chi connectivity index (χ2n) is 2.89. The van der Waals surface area contributed by atoms with E-state index in [0.717, 1.165) is 0 Å². The van der Waals surface area contributed by atoms with Crippen LogP contribution >= 0.6 is 0 Å². The number of urea groups is 1. The van der Waals surface area contributed by atoms with Crippen LogP contribution in [0.2, 0.25) is 0 Å². The quantitative estimate of drug-likeness (QED) is 0.629. The largest absolute Gasteiger partial charge is 0.467 e. The molecule has 0 saturated heterocycles. The van der Waals surface area contributed by atoms with Crippen molar-refractivity contribution in [3.8, 4) is 0 Å².